The summed E-state index contributed by atoms with van der Waals surface area (Å²) in [5.74, 6) is 0. The molecule has 3 N–H and O–H groups in total. The minimum absolute atomic E-state index is 0.509. The lowest BCUT2D eigenvalue weighted by Gasteiger charge is -2.01. The molecule has 1 atom stereocenters. The van der Waals surface area contributed by atoms with E-state index in [4.69, 9.17) is 0 Å². The summed E-state index contributed by atoms with van der Waals surface area (Å²) < 4.78 is 1.29. The molecular weight excluding hydrogens is 249 g/mol. The van der Waals surface area contributed by atoms with Crippen molar-refractivity contribution in [2.75, 3.05) is 0 Å². The van der Waals surface area contributed by atoms with Gasteiger partial charge in [0.05, 0.1) is 6.04 Å². The summed E-state index contributed by atoms with van der Waals surface area (Å²) in [5.41, 5.74) is 5.34. The van der Waals surface area contributed by atoms with E-state index in [2.05, 4.69) is 59.5 Å². The van der Waals surface area contributed by atoms with Crippen LogP contribution in [0.5, 0.6) is 0 Å². The van der Waals surface area contributed by atoms with Gasteiger partial charge in [-0.1, -0.05) is 12.1 Å². The lowest BCUT2D eigenvalue weighted by Crippen LogP contribution is -2.60. The molecule has 0 aliphatic heterocycles. The highest BCUT2D eigenvalue weighted by atomic mass is 127. The van der Waals surface area contributed by atoms with E-state index in [-0.39, 0.29) is 0 Å². The number of benzene rings is 1. The van der Waals surface area contributed by atoms with Crippen LogP contribution in [0.25, 0.3) is 0 Å². The van der Waals surface area contributed by atoms with Gasteiger partial charge in [0, 0.05) is 9.99 Å². The summed E-state index contributed by atoms with van der Waals surface area (Å²) in [6.45, 7) is 2.14. The van der Waals surface area contributed by atoms with Crippen LogP contribution in [-0.2, 0) is 6.42 Å². The summed E-state index contributed by atoms with van der Waals surface area (Å²) in [6.07, 6.45) is 1.08. The van der Waals surface area contributed by atoms with Gasteiger partial charge in [-0.3, -0.25) is 0 Å². The number of halogens is 1. The Morgan fingerprint density at radius 2 is 1.91 bits per heavy atom. The molecule has 0 amide bonds. The molecule has 60 valence electrons. The first kappa shape index (κ1) is 9.00. The van der Waals surface area contributed by atoms with Crippen molar-refractivity contribution in [2.45, 2.75) is 19.4 Å². The number of hydrogen-bond donors (Lipinski definition) is 1. The lowest BCUT2D eigenvalue weighted by atomic mass is 10.1. The molecule has 0 aliphatic carbocycles. The zero-order chi connectivity index (χ0) is 8.27. The standard InChI is InChI=1S/C9H12IN/c1-7(11)6-8-2-4-9(10)5-3-8/h2-5,7H,6,11H2,1H3/p+1/t7-/m0/s1. The van der Waals surface area contributed by atoms with Crippen LogP contribution in [-0.4, -0.2) is 6.04 Å². The van der Waals surface area contributed by atoms with E-state index in [1.807, 2.05) is 0 Å². The molecule has 0 spiro atoms. The topological polar surface area (TPSA) is 27.6 Å². The van der Waals surface area contributed by atoms with E-state index >= 15 is 0 Å². The van der Waals surface area contributed by atoms with Crippen LogP contribution in [0.1, 0.15) is 12.5 Å². The van der Waals surface area contributed by atoms with Crippen LogP contribution in [0.3, 0.4) is 0 Å². The zero-order valence-electron chi connectivity index (χ0n) is 6.68. The molecule has 0 heterocycles. The first-order valence-corrected chi connectivity index (χ1v) is 4.84. The summed E-state index contributed by atoms with van der Waals surface area (Å²) in [7, 11) is 0. The third-order valence-corrected chi connectivity index (χ3v) is 2.22. The summed E-state index contributed by atoms with van der Waals surface area (Å²) >= 11 is 2.31. The van der Waals surface area contributed by atoms with Crippen molar-refractivity contribution in [3.63, 3.8) is 0 Å². The molecule has 1 aromatic carbocycles. The van der Waals surface area contributed by atoms with Crippen molar-refractivity contribution >= 4 is 22.6 Å². The molecule has 1 aromatic rings. The lowest BCUT2D eigenvalue weighted by molar-refractivity contribution is -0.413. The van der Waals surface area contributed by atoms with Gasteiger partial charge in [-0.25, -0.2) is 0 Å². The second-order valence-electron chi connectivity index (χ2n) is 2.94. The van der Waals surface area contributed by atoms with E-state index in [0.29, 0.717) is 6.04 Å². The fourth-order valence-corrected chi connectivity index (χ4v) is 1.38. The summed E-state index contributed by atoms with van der Waals surface area (Å²) in [5, 5.41) is 0. The molecule has 0 bridgehead atoms. The molecule has 0 saturated carbocycles. The maximum Gasteiger partial charge on any atom is 0.0855 e. The zero-order valence-corrected chi connectivity index (χ0v) is 8.84. The van der Waals surface area contributed by atoms with Crippen molar-refractivity contribution in [3.05, 3.63) is 33.4 Å². The summed E-state index contributed by atoms with van der Waals surface area (Å²) in [6, 6.07) is 9.12. The smallest absolute Gasteiger partial charge is 0.0855 e. The monoisotopic (exact) mass is 262 g/mol. The Kier molecular flexibility index (Phi) is 3.33. The maximum absolute atomic E-state index is 3.95. The largest absolute Gasteiger partial charge is 0.355 e. The van der Waals surface area contributed by atoms with Crippen LogP contribution in [0, 0.1) is 3.57 Å². The molecule has 0 aliphatic rings. The first-order valence-electron chi connectivity index (χ1n) is 3.76. The molecule has 0 aromatic heterocycles. The van der Waals surface area contributed by atoms with Gasteiger partial charge in [-0.05, 0) is 47.2 Å². The summed E-state index contributed by atoms with van der Waals surface area (Å²) in [4.78, 5) is 0. The normalized spacial score (nSPS) is 13.0. The van der Waals surface area contributed by atoms with E-state index in [0.717, 1.165) is 6.42 Å². The second kappa shape index (κ2) is 4.07. The maximum atomic E-state index is 3.95. The van der Waals surface area contributed by atoms with E-state index in [1.165, 1.54) is 9.13 Å². The Bertz CT molecular complexity index is 216. The second-order valence-corrected chi connectivity index (χ2v) is 4.18. The molecule has 11 heavy (non-hydrogen) atoms. The third kappa shape index (κ3) is 3.20. The van der Waals surface area contributed by atoms with Gasteiger partial charge in [-0.15, -0.1) is 0 Å². The fourth-order valence-electron chi connectivity index (χ4n) is 1.02. The molecule has 0 saturated heterocycles. The number of hydrogen-bond acceptors (Lipinski definition) is 0. The Morgan fingerprint density at radius 1 is 1.36 bits per heavy atom. The van der Waals surface area contributed by atoms with Crippen molar-refractivity contribution < 1.29 is 5.73 Å². The quantitative estimate of drug-likeness (QED) is 0.782. The Morgan fingerprint density at radius 3 is 2.36 bits per heavy atom. The van der Waals surface area contributed by atoms with E-state index in [1.54, 1.807) is 0 Å². The van der Waals surface area contributed by atoms with Gasteiger partial charge in [0.25, 0.3) is 0 Å². The van der Waals surface area contributed by atoms with Crippen LogP contribution in [0.2, 0.25) is 0 Å². The first-order chi connectivity index (χ1) is 5.18. The highest BCUT2D eigenvalue weighted by molar-refractivity contribution is 14.1. The molecular formula is C9H13IN+. The highest BCUT2D eigenvalue weighted by Crippen LogP contribution is 2.07. The van der Waals surface area contributed by atoms with Gasteiger partial charge >= 0.3 is 0 Å². The Labute approximate surface area is 81.1 Å². The number of quaternary nitrogens is 1. The van der Waals surface area contributed by atoms with Crippen LogP contribution in [0.15, 0.2) is 24.3 Å². The van der Waals surface area contributed by atoms with E-state index < -0.39 is 0 Å². The predicted octanol–water partition coefficient (Wildman–Crippen LogP) is 1.46. The molecule has 2 heteroatoms. The van der Waals surface area contributed by atoms with Crippen LogP contribution < -0.4 is 5.73 Å². The predicted molar refractivity (Wildman–Crippen MR) is 55.2 cm³/mol. The van der Waals surface area contributed by atoms with Gasteiger partial charge in [0.15, 0.2) is 0 Å². The molecule has 0 radical (unpaired) electrons. The average Bonchev–Trinajstić information content (AvgIpc) is 1.93. The number of rotatable bonds is 2. The molecule has 1 nitrogen and oxygen atoms in total. The minimum Gasteiger partial charge on any atom is -0.355 e. The molecule has 1 rings (SSSR count). The van der Waals surface area contributed by atoms with Crippen molar-refractivity contribution in [1.29, 1.82) is 0 Å². The van der Waals surface area contributed by atoms with Gasteiger partial charge in [0.2, 0.25) is 0 Å². The van der Waals surface area contributed by atoms with Crippen molar-refractivity contribution in [3.8, 4) is 0 Å². The van der Waals surface area contributed by atoms with Crippen LogP contribution >= 0.6 is 22.6 Å². The van der Waals surface area contributed by atoms with Crippen molar-refractivity contribution in [2.24, 2.45) is 0 Å². The molecule has 0 unspecified atom stereocenters. The van der Waals surface area contributed by atoms with Crippen molar-refractivity contribution in [1.82, 2.24) is 0 Å². The Balaban J connectivity index is 2.66. The minimum atomic E-state index is 0.509. The SMILES string of the molecule is C[C@H]([NH3+])Cc1ccc(I)cc1. The van der Waals surface area contributed by atoms with Gasteiger partial charge in [-0.2, -0.15) is 0 Å². The fraction of sp³-hybridized carbons (Fsp3) is 0.333. The van der Waals surface area contributed by atoms with Gasteiger partial charge in [0.1, 0.15) is 0 Å². The highest BCUT2D eigenvalue weighted by Gasteiger charge is 1.98. The van der Waals surface area contributed by atoms with E-state index in [9.17, 15) is 0 Å². The average molecular weight is 262 g/mol. The van der Waals surface area contributed by atoms with Crippen LogP contribution in [0.4, 0.5) is 0 Å². The van der Waals surface area contributed by atoms with Gasteiger partial charge < -0.3 is 5.73 Å². The molecule has 0 fully saturated rings. The third-order valence-electron chi connectivity index (χ3n) is 1.50. The Hall–Kier alpha value is -0.0900.